The van der Waals surface area contributed by atoms with Crippen LogP contribution in [0.5, 0.6) is 11.5 Å². The highest BCUT2D eigenvalue weighted by atomic mass is 16.7. The number of aliphatic hydroxyl groups excluding tert-OH is 4. The second-order valence-electron chi connectivity index (χ2n) is 15.8. The number of benzene rings is 2. The molecule has 4 aromatic heterocycles. The Morgan fingerprint density at radius 1 is 0.750 bits per heavy atom. The number of ether oxygens (including phenoxy) is 4. The van der Waals surface area contributed by atoms with E-state index >= 15 is 0 Å². The molecule has 1 aliphatic rings. The first-order valence-corrected chi connectivity index (χ1v) is 21.7. The maximum Gasteiger partial charge on any atom is 0.298 e. The molecule has 0 radical (unpaired) electrons. The van der Waals surface area contributed by atoms with Crippen molar-refractivity contribution in [3.05, 3.63) is 93.7 Å². The predicted octanol–water partition coefficient (Wildman–Crippen LogP) is -0.168. The number of methoxy groups -OCH3 is 1. The molecule has 2 aromatic carbocycles. The minimum absolute atomic E-state index is 0.0176. The SMILES string of the molecule is CCn1nc(C)cc1C(=O)/N=c1/[nH]c2cc(C(N)=O)cc(OC)c2n1C/C=C/Cn1/c(=N/C(=O)c2cc(C)nn2CC)[nH]c2cc(C(N)=O)cc(OCCCO[C@@H]3O[C@H](CO)[C@@H](O)[C@H](O)[C@H]3O)c21. The number of fused-ring (bicyclic) bond motifs is 2. The second kappa shape index (κ2) is 20.7. The average molecular weight is 943 g/mol. The Balaban J connectivity index is 1.26. The number of aromatic nitrogens is 8. The number of carbonyl (C=O) groups excluding carboxylic acids is 4. The Bertz CT molecular complexity index is 3040. The highest BCUT2D eigenvalue weighted by Crippen LogP contribution is 2.29. The molecule has 1 saturated heterocycles. The fraction of sp³-hybridized carbons (Fsp3) is 0.409. The van der Waals surface area contributed by atoms with Gasteiger partial charge in [0, 0.05) is 43.7 Å². The van der Waals surface area contributed by atoms with Crippen molar-refractivity contribution in [3.8, 4) is 11.5 Å². The number of rotatable bonds is 18. The number of amides is 4. The average Bonchev–Trinajstić information content (AvgIpc) is 4.08. The van der Waals surface area contributed by atoms with Crippen molar-refractivity contribution in [2.75, 3.05) is 26.9 Å². The number of hydrogen-bond donors (Lipinski definition) is 8. The molecule has 0 bridgehead atoms. The minimum atomic E-state index is -1.61. The van der Waals surface area contributed by atoms with Crippen LogP contribution in [0.1, 0.15) is 73.3 Å². The molecule has 0 spiro atoms. The number of nitrogens with two attached hydrogens (primary N) is 2. The molecule has 6 aromatic rings. The number of aryl methyl sites for hydroxylation is 4. The van der Waals surface area contributed by atoms with Crippen LogP contribution >= 0.6 is 0 Å². The highest BCUT2D eigenvalue weighted by molar-refractivity contribution is 5.99. The molecule has 24 nitrogen and oxygen atoms in total. The van der Waals surface area contributed by atoms with Crippen LogP contribution < -0.4 is 32.2 Å². The molecule has 4 amide bonds. The number of aromatic amines is 2. The Morgan fingerprint density at radius 2 is 1.25 bits per heavy atom. The number of allylic oxidation sites excluding steroid dienone is 2. The predicted molar refractivity (Wildman–Crippen MR) is 240 cm³/mol. The third-order valence-electron chi connectivity index (χ3n) is 11.2. The van der Waals surface area contributed by atoms with Gasteiger partial charge in [-0.25, -0.2) is 0 Å². The lowest BCUT2D eigenvalue weighted by molar-refractivity contribution is -0.301. The molecule has 24 heteroatoms. The smallest absolute Gasteiger partial charge is 0.298 e. The van der Waals surface area contributed by atoms with Crippen LogP contribution in [-0.2, 0) is 35.7 Å². The Morgan fingerprint density at radius 3 is 1.72 bits per heavy atom. The van der Waals surface area contributed by atoms with Crippen molar-refractivity contribution >= 4 is 45.7 Å². The standard InChI is InChI=1S/C44H54N12O12/c1-6-55-28(15-22(3)51-55)40(63)49-43-47-26-17-24(38(45)61)19-30(65-5)33(26)53(43)11-8-9-12-54-34-27(48-44(54)50-41(64)29-16-23(4)52-56(29)7-2)18-25(39(46)62)20-31(34)66-13-10-14-67-42-37(60)36(59)35(58)32(21-57)68-42/h8-9,15-20,32,35-37,42,57-60H,6-7,10-14,21H2,1-5H3,(H2,45,61)(H2,46,62)(H,47,49,63)(H,48,50,64)/b9-8+/t32-,35-,36+,37-,42-/m1/s1. The first-order chi connectivity index (χ1) is 32.6. The molecule has 0 unspecified atom stereocenters. The van der Waals surface area contributed by atoms with Crippen LogP contribution in [0.25, 0.3) is 22.1 Å². The van der Waals surface area contributed by atoms with Gasteiger partial charge in [0.25, 0.3) is 11.8 Å². The molecular formula is C44H54N12O12. The van der Waals surface area contributed by atoms with Crippen LogP contribution in [0.15, 0.2) is 58.5 Å². The number of H-pyrrole nitrogens is 2. The van der Waals surface area contributed by atoms with Gasteiger partial charge >= 0.3 is 0 Å². The van der Waals surface area contributed by atoms with Gasteiger partial charge in [-0.2, -0.15) is 20.2 Å². The van der Waals surface area contributed by atoms with Crippen LogP contribution in [0.2, 0.25) is 0 Å². The van der Waals surface area contributed by atoms with E-state index in [0.29, 0.717) is 46.5 Å². The number of nitrogens with one attached hydrogen (secondary N) is 2. The normalized spacial score (nSPS) is 19.2. The first kappa shape index (κ1) is 48.7. The molecule has 7 rings (SSSR count). The number of nitrogens with zero attached hydrogens (tertiary/aromatic N) is 8. The number of imidazole rings is 2. The van der Waals surface area contributed by atoms with Crippen LogP contribution in [-0.4, -0.2) is 140 Å². The molecule has 0 saturated carbocycles. The Kier molecular flexibility index (Phi) is 14.9. The summed E-state index contributed by atoms with van der Waals surface area (Å²) in [4.78, 5) is 67.5. The minimum Gasteiger partial charge on any atom is -0.494 e. The number of carbonyl (C=O) groups is 4. The number of aliphatic hydroxyl groups is 4. The summed E-state index contributed by atoms with van der Waals surface area (Å²) in [5.41, 5.74) is 15.2. The van der Waals surface area contributed by atoms with Crippen molar-refractivity contribution in [1.29, 1.82) is 0 Å². The summed E-state index contributed by atoms with van der Waals surface area (Å²) in [6.45, 7) is 7.52. The molecule has 10 N–H and O–H groups in total. The Hall–Kier alpha value is -7.22. The molecule has 362 valence electrons. The van der Waals surface area contributed by atoms with Crippen molar-refractivity contribution in [2.24, 2.45) is 21.5 Å². The molecule has 1 fully saturated rings. The first-order valence-electron chi connectivity index (χ1n) is 21.7. The highest BCUT2D eigenvalue weighted by Gasteiger charge is 2.44. The zero-order valence-corrected chi connectivity index (χ0v) is 37.9. The van der Waals surface area contributed by atoms with Crippen molar-refractivity contribution < 1.29 is 58.6 Å². The lowest BCUT2D eigenvalue weighted by Crippen LogP contribution is -2.59. The van der Waals surface area contributed by atoms with Gasteiger partial charge in [-0.15, -0.1) is 0 Å². The zero-order valence-electron chi connectivity index (χ0n) is 37.9. The van der Waals surface area contributed by atoms with Gasteiger partial charge in [0.2, 0.25) is 23.1 Å². The maximum atomic E-state index is 13.8. The van der Waals surface area contributed by atoms with E-state index in [9.17, 15) is 39.6 Å². The molecule has 0 aliphatic carbocycles. The zero-order chi connectivity index (χ0) is 49.0. The summed E-state index contributed by atoms with van der Waals surface area (Å²) in [7, 11) is 1.43. The fourth-order valence-corrected chi connectivity index (χ4v) is 7.86. The summed E-state index contributed by atoms with van der Waals surface area (Å²) >= 11 is 0. The van der Waals surface area contributed by atoms with Gasteiger partial charge in [0.15, 0.2) is 6.29 Å². The van der Waals surface area contributed by atoms with E-state index in [4.69, 9.17) is 30.4 Å². The van der Waals surface area contributed by atoms with Gasteiger partial charge in [-0.3, -0.25) is 28.5 Å². The summed E-state index contributed by atoms with van der Waals surface area (Å²) in [5, 5.41) is 49.0. The van der Waals surface area contributed by atoms with E-state index < -0.39 is 60.9 Å². The van der Waals surface area contributed by atoms with Gasteiger partial charge in [0.05, 0.1) is 49.4 Å². The van der Waals surface area contributed by atoms with E-state index in [1.54, 1.807) is 51.9 Å². The third kappa shape index (κ3) is 10.0. The van der Waals surface area contributed by atoms with E-state index in [-0.39, 0.29) is 78.0 Å². The van der Waals surface area contributed by atoms with Crippen molar-refractivity contribution in [3.63, 3.8) is 0 Å². The largest absolute Gasteiger partial charge is 0.494 e. The van der Waals surface area contributed by atoms with Crippen LogP contribution in [0.4, 0.5) is 0 Å². The van der Waals surface area contributed by atoms with Gasteiger partial charge in [-0.1, -0.05) is 12.2 Å². The molecule has 5 heterocycles. The molecular weight excluding hydrogens is 889 g/mol. The topological polar surface area (TPSA) is 340 Å². The van der Waals surface area contributed by atoms with Gasteiger partial charge in [0.1, 0.15) is 58.3 Å². The van der Waals surface area contributed by atoms with E-state index in [1.807, 2.05) is 13.8 Å². The summed E-state index contributed by atoms with van der Waals surface area (Å²) < 4.78 is 29.4. The van der Waals surface area contributed by atoms with E-state index in [2.05, 4.69) is 30.2 Å². The molecule has 1 aliphatic heterocycles. The summed E-state index contributed by atoms with van der Waals surface area (Å²) in [6, 6.07) is 9.23. The molecule has 68 heavy (non-hydrogen) atoms. The molecule has 5 atom stereocenters. The van der Waals surface area contributed by atoms with Gasteiger partial charge < -0.3 is 69.9 Å². The monoisotopic (exact) mass is 942 g/mol. The van der Waals surface area contributed by atoms with E-state index in [1.165, 1.54) is 36.1 Å². The van der Waals surface area contributed by atoms with Gasteiger partial charge in [-0.05, 0) is 64.1 Å². The van der Waals surface area contributed by atoms with Crippen LogP contribution in [0, 0.1) is 13.8 Å². The fourth-order valence-electron chi connectivity index (χ4n) is 7.86. The van der Waals surface area contributed by atoms with E-state index in [0.717, 1.165) is 0 Å². The lowest BCUT2D eigenvalue weighted by Gasteiger charge is -2.39. The lowest BCUT2D eigenvalue weighted by atomic mass is 9.99. The summed E-state index contributed by atoms with van der Waals surface area (Å²) in [6.07, 6.45) is -3.50. The summed E-state index contributed by atoms with van der Waals surface area (Å²) in [5.74, 6) is -2.17. The van der Waals surface area contributed by atoms with Crippen molar-refractivity contribution in [1.82, 2.24) is 38.7 Å². The number of primary amides is 2. The van der Waals surface area contributed by atoms with Crippen molar-refractivity contribution in [2.45, 2.75) is 91.0 Å². The maximum absolute atomic E-state index is 13.8. The number of hydrogen-bond acceptors (Lipinski definition) is 14. The Labute approximate surface area is 386 Å². The van der Waals surface area contributed by atoms with Crippen LogP contribution in [0.3, 0.4) is 0 Å². The second-order valence-corrected chi connectivity index (χ2v) is 15.8. The third-order valence-corrected chi connectivity index (χ3v) is 11.2. The quantitative estimate of drug-likeness (QED) is 0.0410.